The molecule has 1 saturated heterocycles. The van der Waals surface area contributed by atoms with Crippen LogP contribution in [0.2, 0.25) is 0 Å². The van der Waals surface area contributed by atoms with Crippen LogP contribution in [-0.2, 0) is 10.2 Å². The number of hydrogen-bond acceptors (Lipinski definition) is 4. The Morgan fingerprint density at radius 2 is 2.04 bits per heavy atom. The van der Waals surface area contributed by atoms with Gasteiger partial charge in [0.1, 0.15) is 5.76 Å². The van der Waals surface area contributed by atoms with Crippen LogP contribution in [0.5, 0.6) is 0 Å². The minimum atomic E-state index is -0.723. The number of hydrogen-bond donors (Lipinski definition) is 1. The molecule has 1 aromatic heterocycles. The Balaban J connectivity index is 1.80. The number of nitrogens with one attached hydrogen (secondary N) is 1. The van der Waals surface area contributed by atoms with Crippen molar-refractivity contribution in [2.24, 2.45) is 0 Å². The zero-order valence-electron chi connectivity index (χ0n) is 16.4. The van der Waals surface area contributed by atoms with Crippen LogP contribution in [0.3, 0.4) is 0 Å². The zero-order chi connectivity index (χ0) is 20.1. The first-order valence-corrected chi connectivity index (χ1v) is 9.73. The molecule has 4 rings (SSSR count). The Bertz CT molecular complexity index is 999. The third-order valence-corrected chi connectivity index (χ3v) is 6.12. The van der Waals surface area contributed by atoms with Crippen LogP contribution >= 0.6 is 0 Å². The summed E-state index contributed by atoms with van der Waals surface area (Å²) in [6, 6.07) is 8.85. The van der Waals surface area contributed by atoms with Gasteiger partial charge in [-0.3, -0.25) is 9.59 Å². The highest BCUT2D eigenvalue weighted by atomic mass is 16.4. The minimum absolute atomic E-state index is 0.0320. The van der Waals surface area contributed by atoms with Gasteiger partial charge in [-0.1, -0.05) is 31.5 Å². The van der Waals surface area contributed by atoms with Gasteiger partial charge in [0.2, 0.25) is 5.91 Å². The van der Waals surface area contributed by atoms with Gasteiger partial charge in [0.05, 0.1) is 17.0 Å². The first-order valence-electron chi connectivity index (χ1n) is 9.73. The molecule has 2 aliphatic heterocycles. The molecule has 0 bridgehead atoms. The van der Waals surface area contributed by atoms with Gasteiger partial charge in [-0.05, 0) is 43.9 Å². The number of nitrogens with zero attached hydrogens (tertiary/aromatic N) is 1. The van der Waals surface area contributed by atoms with Gasteiger partial charge in [-0.2, -0.15) is 0 Å². The number of carbonyl (C=O) groups excluding carboxylic acids is 2. The molecule has 146 valence electrons. The van der Waals surface area contributed by atoms with Crippen molar-refractivity contribution in [1.82, 2.24) is 4.90 Å². The van der Waals surface area contributed by atoms with Crippen LogP contribution in [0, 0.1) is 13.8 Å². The number of rotatable bonds is 3. The van der Waals surface area contributed by atoms with E-state index in [0.717, 1.165) is 24.1 Å². The van der Waals surface area contributed by atoms with E-state index in [0.29, 0.717) is 29.9 Å². The van der Waals surface area contributed by atoms with Gasteiger partial charge in [-0.15, -0.1) is 0 Å². The van der Waals surface area contributed by atoms with Gasteiger partial charge < -0.3 is 14.6 Å². The molecule has 2 atom stereocenters. The Hall–Kier alpha value is -2.89. The average Bonchev–Trinajstić information content (AvgIpc) is 3.15. The normalized spacial score (nSPS) is 23.2. The van der Waals surface area contributed by atoms with Crippen molar-refractivity contribution in [3.8, 4) is 0 Å². The number of benzene rings is 1. The van der Waals surface area contributed by atoms with E-state index >= 15 is 0 Å². The van der Waals surface area contributed by atoms with Crippen molar-refractivity contribution in [3.05, 3.63) is 63.2 Å². The van der Waals surface area contributed by atoms with Crippen LogP contribution in [0.4, 0.5) is 5.69 Å². The van der Waals surface area contributed by atoms with Crippen LogP contribution < -0.4 is 10.9 Å². The molecular formula is C22H24N2O4. The Labute approximate surface area is 163 Å². The smallest absolute Gasteiger partial charge is 0.336 e. The maximum absolute atomic E-state index is 13.5. The van der Waals surface area contributed by atoms with Crippen molar-refractivity contribution in [2.45, 2.75) is 51.5 Å². The molecule has 0 unspecified atom stereocenters. The third kappa shape index (κ3) is 2.51. The molecule has 0 saturated carbocycles. The summed E-state index contributed by atoms with van der Waals surface area (Å²) in [4.78, 5) is 40.0. The van der Waals surface area contributed by atoms with E-state index < -0.39 is 11.0 Å². The second-order valence-corrected chi connectivity index (χ2v) is 7.70. The van der Waals surface area contributed by atoms with E-state index in [4.69, 9.17) is 4.42 Å². The van der Waals surface area contributed by atoms with Crippen LogP contribution in [-0.4, -0.2) is 29.3 Å². The average molecular weight is 380 g/mol. The number of aryl methyl sites for hydroxylation is 2. The lowest BCUT2D eigenvalue weighted by Gasteiger charge is -2.34. The molecule has 2 aliphatic rings. The first-order chi connectivity index (χ1) is 13.4. The summed E-state index contributed by atoms with van der Waals surface area (Å²) in [7, 11) is 0. The van der Waals surface area contributed by atoms with Crippen molar-refractivity contribution >= 4 is 17.5 Å². The Kier molecular flexibility index (Phi) is 4.37. The number of amides is 2. The molecular weight excluding hydrogens is 356 g/mol. The Morgan fingerprint density at radius 1 is 1.29 bits per heavy atom. The van der Waals surface area contributed by atoms with Crippen molar-refractivity contribution < 1.29 is 14.0 Å². The molecule has 0 aliphatic carbocycles. The SMILES string of the molecule is CCC[C@@H]1N(C(=O)c2c(C)cc(=O)oc2C)CC[C@]12C(=O)Nc1ccccc12. The fraction of sp³-hybridized carbons (Fsp3) is 0.409. The highest BCUT2D eigenvalue weighted by Crippen LogP contribution is 2.49. The second-order valence-electron chi connectivity index (χ2n) is 7.70. The van der Waals surface area contributed by atoms with Gasteiger partial charge >= 0.3 is 5.63 Å². The molecule has 0 radical (unpaired) electrons. The van der Waals surface area contributed by atoms with E-state index in [-0.39, 0.29) is 17.9 Å². The predicted octanol–water partition coefficient (Wildman–Crippen LogP) is 3.16. The largest absolute Gasteiger partial charge is 0.427 e. The topological polar surface area (TPSA) is 79.6 Å². The molecule has 1 N–H and O–H groups in total. The fourth-order valence-corrected chi connectivity index (χ4v) is 4.94. The third-order valence-electron chi connectivity index (χ3n) is 6.12. The summed E-state index contributed by atoms with van der Waals surface area (Å²) < 4.78 is 5.18. The monoisotopic (exact) mass is 380 g/mol. The van der Waals surface area contributed by atoms with Gasteiger partial charge in [-0.25, -0.2) is 4.79 Å². The summed E-state index contributed by atoms with van der Waals surface area (Å²) >= 11 is 0. The number of carbonyl (C=O) groups is 2. The number of likely N-dealkylation sites (tertiary alicyclic amines) is 1. The maximum Gasteiger partial charge on any atom is 0.336 e. The van der Waals surface area contributed by atoms with Crippen LogP contribution in [0.1, 0.15) is 53.4 Å². The summed E-state index contributed by atoms with van der Waals surface area (Å²) in [6.45, 7) is 5.93. The minimum Gasteiger partial charge on any atom is -0.427 e. The standard InChI is InChI=1S/C22H24N2O4/c1-4-7-17-22(15-8-5-6-9-16(15)23-21(22)27)10-11-24(17)20(26)19-13(2)12-18(25)28-14(19)3/h5-6,8-9,12,17H,4,7,10-11H2,1-3H3,(H,23,27)/t17-,22+/m0/s1. The van der Waals surface area contributed by atoms with E-state index in [1.165, 1.54) is 6.07 Å². The summed E-state index contributed by atoms with van der Waals surface area (Å²) in [5.41, 5.74) is 1.65. The number of fused-ring (bicyclic) bond motifs is 2. The van der Waals surface area contributed by atoms with Gasteiger partial charge in [0, 0.05) is 18.3 Å². The van der Waals surface area contributed by atoms with E-state index in [9.17, 15) is 14.4 Å². The molecule has 1 aromatic carbocycles. The molecule has 1 fully saturated rings. The van der Waals surface area contributed by atoms with E-state index in [2.05, 4.69) is 12.2 Å². The second kappa shape index (κ2) is 6.62. The predicted molar refractivity (Wildman–Crippen MR) is 106 cm³/mol. The molecule has 1 spiro atoms. The van der Waals surface area contributed by atoms with E-state index in [1.54, 1.807) is 18.7 Å². The van der Waals surface area contributed by atoms with Crippen LogP contribution in [0.15, 0.2) is 39.5 Å². The fourth-order valence-electron chi connectivity index (χ4n) is 4.94. The molecule has 6 nitrogen and oxygen atoms in total. The Morgan fingerprint density at radius 3 is 2.75 bits per heavy atom. The highest BCUT2D eigenvalue weighted by Gasteiger charge is 2.58. The summed E-state index contributed by atoms with van der Waals surface area (Å²) in [5, 5.41) is 3.01. The zero-order valence-corrected chi connectivity index (χ0v) is 16.4. The molecule has 6 heteroatoms. The lowest BCUT2D eigenvalue weighted by molar-refractivity contribution is -0.121. The lowest BCUT2D eigenvalue weighted by atomic mass is 9.73. The van der Waals surface area contributed by atoms with Crippen molar-refractivity contribution in [2.75, 3.05) is 11.9 Å². The molecule has 2 aromatic rings. The first kappa shape index (κ1) is 18.5. The summed E-state index contributed by atoms with van der Waals surface area (Å²) in [6.07, 6.45) is 2.16. The van der Waals surface area contributed by atoms with Gasteiger partial charge in [0.15, 0.2) is 0 Å². The highest BCUT2D eigenvalue weighted by molar-refractivity contribution is 6.08. The number of para-hydroxylation sites is 1. The maximum atomic E-state index is 13.5. The van der Waals surface area contributed by atoms with Crippen molar-refractivity contribution in [3.63, 3.8) is 0 Å². The van der Waals surface area contributed by atoms with E-state index in [1.807, 2.05) is 24.3 Å². The van der Waals surface area contributed by atoms with Crippen LogP contribution in [0.25, 0.3) is 0 Å². The molecule has 28 heavy (non-hydrogen) atoms. The molecule has 2 amide bonds. The van der Waals surface area contributed by atoms with Crippen molar-refractivity contribution in [1.29, 1.82) is 0 Å². The molecule has 3 heterocycles. The summed E-state index contributed by atoms with van der Waals surface area (Å²) in [5.74, 6) is 0.115. The lowest BCUT2D eigenvalue weighted by Crippen LogP contribution is -2.49. The van der Waals surface area contributed by atoms with Gasteiger partial charge in [0.25, 0.3) is 5.91 Å². The number of anilines is 1. The quantitative estimate of drug-likeness (QED) is 0.887.